The van der Waals surface area contributed by atoms with Crippen LogP contribution in [-0.2, 0) is 11.3 Å². The molecule has 4 rings (SSSR count). The molecule has 0 amide bonds. The minimum atomic E-state index is -0.392. The highest BCUT2D eigenvalue weighted by molar-refractivity contribution is 7.16. The summed E-state index contributed by atoms with van der Waals surface area (Å²) in [6, 6.07) is 9.84. The Morgan fingerprint density at radius 1 is 1.25 bits per heavy atom. The van der Waals surface area contributed by atoms with Crippen LogP contribution < -0.4 is 15.9 Å². The van der Waals surface area contributed by atoms with Crippen molar-refractivity contribution in [1.82, 2.24) is 4.98 Å². The van der Waals surface area contributed by atoms with Crippen molar-refractivity contribution in [3.63, 3.8) is 0 Å². The van der Waals surface area contributed by atoms with Gasteiger partial charge < -0.3 is 15.2 Å². The summed E-state index contributed by atoms with van der Waals surface area (Å²) in [5.41, 5.74) is 1.48. The number of rotatable bonds is 5. The fraction of sp³-hybridized carbons (Fsp3) is 0.182. The zero-order valence-corrected chi connectivity index (χ0v) is 18.8. The molecule has 0 aliphatic carbocycles. The quantitative estimate of drug-likeness (QED) is 0.596. The third-order valence-electron chi connectivity index (χ3n) is 4.53. The van der Waals surface area contributed by atoms with Crippen molar-refractivity contribution in [2.24, 2.45) is 15.0 Å². The molecule has 1 aliphatic heterocycles. The lowest BCUT2D eigenvalue weighted by atomic mass is 10.1. The van der Waals surface area contributed by atoms with Crippen molar-refractivity contribution in [2.75, 3.05) is 19.0 Å². The SMILES string of the molecule is CCOC1=NC(=NC)N=c2ccc(=Cc3sc(NCc4ccc(F)cc4Cl)nc3O)cc21. The van der Waals surface area contributed by atoms with Crippen LogP contribution in [0.25, 0.3) is 6.08 Å². The fourth-order valence-corrected chi connectivity index (χ4v) is 4.07. The van der Waals surface area contributed by atoms with Crippen molar-refractivity contribution in [3.8, 4) is 5.88 Å². The molecule has 3 aromatic rings. The monoisotopic (exact) mass is 471 g/mol. The molecule has 0 bridgehead atoms. The van der Waals surface area contributed by atoms with E-state index in [-0.39, 0.29) is 5.88 Å². The first-order chi connectivity index (χ1) is 15.5. The van der Waals surface area contributed by atoms with Crippen LogP contribution in [0.3, 0.4) is 0 Å². The molecule has 0 radical (unpaired) electrons. The fourth-order valence-electron chi connectivity index (χ4n) is 3.02. The van der Waals surface area contributed by atoms with Gasteiger partial charge in [-0.3, -0.25) is 4.99 Å². The summed E-state index contributed by atoms with van der Waals surface area (Å²) in [7, 11) is 1.63. The highest BCUT2D eigenvalue weighted by Gasteiger charge is 2.15. The van der Waals surface area contributed by atoms with E-state index in [1.807, 2.05) is 31.2 Å². The number of hydrogen-bond acceptors (Lipinski definition) is 6. The number of ether oxygens (including phenoxy) is 1. The van der Waals surface area contributed by atoms with Gasteiger partial charge in [0, 0.05) is 18.6 Å². The van der Waals surface area contributed by atoms with E-state index in [1.54, 1.807) is 13.1 Å². The largest absolute Gasteiger partial charge is 0.492 e. The van der Waals surface area contributed by atoms with Crippen LogP contribution in [0.5, 0.6) is 5.88 Å². The van der Waals surface area contributed by atoms with E-state index in [0.29, 0.717) is 45.4 Å². The van der Waals surface area contributed by atoms with Crippen LogP contribution in [0.15, 0.2) is 51.4 Å². The molecule has 32 heavy (non-hydrogen) atoms. The summed E-state index contributed by atoms with van der Waals surface area (Å²) >= 11 is 7.35. The number of fused-ring (bicyclic) bond motifs is 1. The molecule has 1 aromatic heterocycles. The second-order valence-corrected chi connectivity index (χ2v) is 8.14. The minimum Gasteiger partial charge on any atom is -0.492 e. The van der Waals surface area contributed by atoms with E-state index >= 15 is 0 Å². The Bertz CT molecular complexity index is 1350. The van der Waals surface area contributed by atoms with E-state index in [9.17, 15) is 9.50 Å². The number of aromatic nitrogens is 1. The lowest BCUT2D eigenvalue weighted by molar-refractivity contribution is 0.328. The average molecular weight is 472 g/mol. The Kier molecular flexibility index (Phi) is 6.48. The third kappa shape index (κ3) is 4.79. The van der Waals surface area contributed by atoms with Crippen molar-refractivity contribution in [2.45, 2.75) is 13.5 Å². The van der Waals surface area contributed by atoms with E-state index < -0.39 is 5.82 Å². The summed E-state index contributed by atoms with van der Waals surface area (Å²) in [4.78, 5) is 17.5. The smallest absolute Gasteiger partial charge is 0.248 e. The molecule has 164 valence electrons. The zero-order valence-electron chi connectivity index (χ0n) is 17.3. The van der Waals surface area contributed by atoms with E-state index in [0.717, 1.165) is 16.3 Å². The Labute approximate surface area is 192 Å². The van der Waals surface area contributed by atoms with Crippen LogP contribution in [0.4, 0.5) is 9.52 Å². The molecule has 2 aromatic carbocycles. The molecule has 0 fully saturated rings. The number of thiazole rings is 1. The molecule has 0 atom stereocenters. The van der Waals surface area contributed by atoms with Gasteiger partial charge in [0.2, 0.25) is 17.7 Å². The van der Waals surface area contributed by atoms with Crippen LogP contribution >= 0.6 is 22.9 Å². The van der Waals surface area contributed by atoms with E-state index in [1.165, 1.54) is 23.5 Å². The van der Waals surface area contributed by atoms with Crippen LogP contribution in [0, 0.1) is 5.82 Å². The van der Waals surface area contributed by atoms with Gasteiger partial charge in [0.15, 0.2) is 5.13 Å². The zero-order chi connectivity index (χ0) is 22.7. The van der Waals surface area contributed by atoms with Gasteiger partial charge in [0.05, 0.1) is 22.4 Å². The van der Waals surface area contributed by atoms with Crippen LogP contribution in [-0.4, -0.2) is 35.6 Å². The average Bonchev–Trinajstić information content (AvgIpc) is 3.12. The Balaban J connectivity index is 1.60. The molecule has 7 nitrogen and oxygen atoms in total. The molecule has 1 aliphatic rings. The summed E-state index contributed by atoms with van der Waals surface area (Å²) < 4.78 is 18.9. The van der Waals surface area contributed by atoms with Crippen LogP contribution in [0.2, 0.25) is 5.02 Å². The highest BCUT2D eigenvalue weighted by Crippen LogP contribution is 2.29. The minimum absolute atomic E-state index is 0.0933. The van der Waals surface area contributed by atoms with Gasteiger partial charge in [0.1, 0.15) is 5.82 Å². The van der Waals surface area contributed by atoms with Crippen molar-refractivity contribution < 1.29 is 14.2 Å². The Morgan fingerprint density at radius 3 is 2.84 bits per heavy atom. The number of anilines is 1. The predicted molar refractivity (Wildman–Crippen MR) is 125 cm³/mol. The Morgan fingerprint density at radius 2 is 2.09 bits per heavy atom. The van der Waals surface area contributed by atoms with Gasteiger partial charge in [-0.05, 0) is 48.0 Å². The molecule has 2 heterocycles. The summed E-state index contributed by atoms with van der Waals surface area (Å²) in [6.45, 7) is 2.70. The second kappa shape index (κ2) is 9.46. The second-order valence-electron chi connectivity index (χ2n) is 6.70. The van der Waals surface area contributed by atoms with Gasteiger partial charge in [-0.25, -0.2) is 9.38 Å². The lowest BCUT2D eigenvalue weighted by Gasteiger charge is -2.11. The maximum absolute atomic E-state index is 13.2. The van der Waals surface area contributed by atoms with Gasteiger partial charge >= 0.3 is 0 Å². The molecule has 10 heteroatoms. The van der Waals surface area contributed by atoms with Crippen molar-refractivity contribution in [3.05, 3.63) is 73.8 Å². The van der Waals surface area contributed by atoms with Crippen LogP contribution in [0.1, 0.15) is 22.9 Å². The first-order valence-corrected chi connectivity index (χ1v) is 10.9. The third-order valence-corrected chi connectivity index (χ3v) is 5.83. The predicted octanol–water partition coefficient (Wildman–Crippen LogP) is 3.48. The van der Waals surface area contributed by atoms with E-state index in [4.69, 9.17) is 16.3 Å². The number of benzene rings is 2. The molecule has 0 saturated carbocycles. The van der Waals surface area contributed by atoms with Gasteiger partial charge in [0.25, 0.3) is 0 Å². The lowest BCUT2D eigenvalue weighted by Crippen LogP contribution is -2.27. The summed E-state index contributed by atoms with van der Waals surface area (Å²) in [6.07, 6.45) is 1.82. The van der Waals surface area contributed by atoms with Crippen molar-refractivity contribution >= 4 is 46.0 Å². The van der Waals surface area contributed by atoms with Gasteiger partial charge in [-0.2, -0.15) is 9.98 Å². The molecule has 2 N–H and O–H groups in total. The van der Waals surface area contributed by atoms with Gasteiger partial charge in [-0.15, -0.1) is 0 Å². The van der Waals surface area contributed by atoms with Gasteiger partial charge in [-0.1, -0.05) is 35.1 Å². The molecule has 0 saturated heterocycles. The molecule has 0 spiro atoms. The molecular weight excluding hydrogens is 453 g/mol. The van der Waals surface area contributed by atoms with Crippen molar-refractivity contribution in [1.29, 1.82) is 0 Å². The molecular formula is C22H19ClFN5O2S. The maximum Gasteiger partial charge on any atom is 0.248 e. The molecule has 0 unspecified atom stereocenters. The first-order valence-electron chi connectivity index (χ1n) is 9.73. The highest BCUT2D eigenvalue weighted by atomic mass is 35.5. The number of nitrogens with one attached hydrogen (secondary N) is 1. The normalized spacial score (nSPS) is 14.7. The number of guanidine groups is 1. The number of nitrogens with zero attached hydrogens (tertiary/aromatic N) is 4. The topological polar surface area (TPSA) is 91.5 Å². The number of halogens is 2. The van der Waals surface area contributed by atoms with E-state index in [2.05, 4.69) is 25.3 Å². The first kappa shape index (κ1) is 21.9. The summed E-state index contributed by atoms with van der Waals surface area (Å²) in [5, 5.41) is 15.8. The standard InChI is InChI=1S/C22H19ClFN5O2S/c1-3-31-20-15-8-12(4-7-17(15)27-21(25-2)29-20)9-18-19(30)28-22(32-18)26-11-13-5-6-14(24)10-16(13)23/h4-10,30H,3,11H2,1-2H3,(H,26,28). The number of hydrogen-bond donors (Lipinski definition) is 2. The Hall–Kier alpha value is -3.30. The number of aliphatic imine (C=N–C) groups is 2. The summed E-state index contributed by atoms with van der Waals surface area (Å²) in [5.74, 6) is 0.329. The maximum atomic E-state index is 13.2. The number of aromatic hydroxyl groups is 1.